The summed E-state index contributed by atoms with van der Waals surface area (Å²) in [6.45, 7) is 3.90. The van der Waals surface area contributed by atoms with Crippen molar-refractivity contribution in [1.82, 2.24) is 4.90 Å². The van der Waals surface area contributed by atoms with Crippen LogP contribution in [-0.4, -0.2) is 22.5 Å². The topological polar surface area (TPSA) is 54.5 Å². The number of carbonyl (C=O) groups is 3. The first-order valence-corrected chi connectivity index (χ1v) is 6.40. The van der Waals surface area contributed by atoms with Gasteiger partial charge in [-0.2, -0.15) is 0 Å². The molecule has 4 heteroatoms. The molecule has 0 N–H and O–H groups in total. The van der Waals surface area contributed by atoms with Crippen LogP contribution in [0.25, 0.3) is 0 Å². The van der Waals surface area contributed by atoms with Gasteiger partial charge >= 0.3 is 5.91 Å². The quantitative estimate of drug-likeness (QED) is 0.716. The number of likely N-dealkylation sites (tertiary alicyclic amines) is 1. The zero-order chi connectivity index (χ0) is 13.3. The molecule has 0 aromatic carbocycles. The van der Waals surface area contributed by atoms with Gasteiger partial charge in [0.15, 0.2) is 0 Å². The zero-order valence-corrected chi connectivity index (χ0v) is 10.7. The Bertz CT molecular complexity index is 473. The Morgan fingerprint density at radius 1 is 1.33 bits per heavy atom. The van der Waals surface area contributed by atoms with E-state index in [-0.39, 0.29) is 5.91 Å². The summed E-state index contributed by atoms with van der Waals surface area (Å²) in [6.07, 6.45) is 6.08. The molecular weight excluding hydrogens is 230 g/mol. The maximum absolute atomic E-state index is 11.9. The van der Waals surface area contributed by atoms with Crippen molar-refractivity contribution in [1.29, 1.82) is 0 Å². The molecule has 0 radical (unpaired) electrons. The van der Waals surface area contributed by atoms with E-state index < -0.39 is 17.6 Å². The Morgan fingerprint density at radius 3 is 2.67 bits per heavy atom. The summed E-state index contributed by atoms with van der Waals surface area (Å²) < 4.78 is 0. The second kappa shape index (κ2) is 4.88. The maximum atomic E-state index is 11.9. The Morgan fingerprint density at radius 2 is 2.06 bits per heavy atom. The second-order valence-corrected chi connectivity index (χ2v) is 4.68. The first-order valence-electron chi connectivity index (χ1n) is 6.40. The molecule has 2 rings (SSSR count). The Balaban J connectivity index is 2.33. The smallest absolute Gasteiger partial charge is 0.288 e. The Labute approximate surface area is 106 Å². The molecule has 0 bridgehead atoms. The normalized spacial score (nSPS) is 22.8. The molecule has 96 valence electrons. The lowest BCUT2D eigenvalue weighted by atomic mass is 9.89. The summed E-state index contributed by atoms with van der Waals surface area (Å²) in [5, 5.41) is 0. The molecule has 1 aliphatic carbocycles. The lowest BCUT2D eigenvalue weighted by Gasteiger charge is -2.20. The molecular formula is C14H17NO3. The SMILES string of the molecule is CCCC(=O)N1C(=O)C(=O)C2CC(CC)=CC=C21. The number of Topliss-reactive ketones (excluding diaryl/α,β-unsaturated/α-hetero) is 1. The van der Waals surface area contributed by atoms with Gasteiger partial charge in [-0.25, -0.2) is 4.90 Å². The molecule has 1 atom stereocenters. The van der Waals surface area contributed by atoms with Crippen molar-refractivity contribution >= 4 is 17.6 Å². The number of fused-ring (bicyclic) bond motifs is 1. The fourth-order valence-electron chi connectivity index (χ4n) is 2.43. The van der Waals surface area contributed by atoms with Crippen molar-refractivity contribution in [3.63, 3.8) is 0 Å². The van der Waals surface area contributed by atoms with Crippen LogP contribution in [0.2, 0.25) is 0 Å². The van der Waals surface area contributed by atoms with Gasteiger partial charge < -0.3 is 0 Å². The van der Waals surface area contributed by atoms with Crippen LogP contribution < -0.4 is 0 Å². The van der Waals surface area contributed by atoms with Gasteiger partial charge in [-0.05, 0) is 25.3 Å². The molecule has 4 nitrogen and oxygen atoms in total. The van der Waals surface area contributed by atoms with Crippen LogP contribution in [0.1, 0.15) is 39.5 Å². The molecule has 2 aliphatic rings. The van der Waals surface area contributed by atoms with E-state index in [0.29, 0.717) is 25.0 Å². The van der Waals surface area contributed by atoms with E-state index in [0.717, 1.165) is 16.9 Å². The number of carbonyl (C=O) groups excluding carboxylic acids is 3. The molecule has 1 aliphatic heterocycles. The van der Waals surface area contributed by atoms with Gasteiger partial charge in [0.05, 0.1) is 5.92 Å². The highest BCUT2D eigenvalue weighted by molar-refractivity contribution is 6.43. The van der Waals surface area contributed by atoms with E-state index in [1.54, 1.807) is 6.08 Å². The minimum atomic E-state index is -0.657. The van der Waals surface area contributed by atoms with Crippen LogP contribution in [-0.2, 0) is 14.4 Å². The van der Waals surface area contributed by atoms with Gasteiger partial charge in [-0.3, -0.25) is 14.4 Å². The minimum Gasteiger partial charge on any atom is -0.288 e. The molecule has 18 heavy (non-hydrogen) atoms. The highest BCUT2D eigenvalue weighted by Crippen LogP contribution is 2.35. The van der Waals surface area contributed by atoms with Crippen LogP contribution in [0.5, 0.6) is 0 Å². The fraction of sp³-hybridized carbons (Fsp3) is 0.500. The average molecular weight is 247 g/mol. The largest absolute Gasteiger partial charge is 0.301 e. The van der Waals surface area contributed by atoms with Gasteiger partial charge in [0.2, 0.25) is 11.7 Å². The van der Waals surface area contributed by atoms with Crippen LogP contribution in [0.15, 0.2) is 23.4 Å². The van der Waals surface area contributed by atoms with Crippen LogP contribution in [0.4, 0.5) is 0 Å². The van der Waals surface area contributed by atoms with Crippen LogP contribution >= 0.6 is 0 Å². The average Bonchev–Trinajstić information content (AvgIpc) is 2.62. The highest BCUT2D eigenvalue weighted by Gasteiger charge is 2.46. The first kappa shape index (κ1) is 12.7. The third kappa shape index (κ3) is 1.92. The lowest BCUT2D eigenvalue weighted by molar-refractivity contribution is -0.146. The molecule has 0 aromatic heterocycles. The number of ketones is 1. The Hall–Kier alpha value is -1.71. The van der Waals surface area contributed by atoms with E-state index in [1.165, 1.54) is 0 Å². The molecule has 1 saturated heterocycles. The number of allylic oxidation sites excluding steroid dienone is 4. The van der Waals surface area contributed by atoms with Gasteiger partial charge in [0, 0.05) is 12.1 Å². The standard InChI is InChI=1S/C14H17NO3/c1-3-5-12(16)15-11-7-6-9(4-2)8-10(11)13(17)14(15)18/h6-7,10H,3-5,8H2,1-2H3. The highest BCUT2D eigenvalue weighted by atomic mass is 16.2. The lowest BCUT2D eigenvalue weighted by Crippen LogP contribution is -2.32. The van der Waals surface area contributed by atoms with Crippen molar-refractivity contribution in [3.8, 4) is 0 Å². The zero-order valence-electron chi connectivity index (χ0n) is 10.7. The van der Waals surface area contributed by atoms with Crippen molar-refractivity contribution in [2.24, 2.45) is 5.92 Å². The summed E-state index contributed by atoms with van der Waals surface area (Å²) in [5.74, 6) is -1.79. The number of imide groups is 1. The molecule has 1 heterocycles. The third-order valence-corrected chi connectivity index (χ3v) is 3.47. The Kier molecular flexibility index (Phi) is 3.45. The van der Waals surface area contributed by atoms with Crippen molar-refractivity contribution in [2.45, 2.75) is 39.5 Å². The molecule has 1 unspecified atom stereocenters. The second-order valence-electron chi connectivity index (χ2n) is 4.68. The number of rotatable bonds is 3. The monoisotopic (exact) mass is 247 g/mol. The minimum absolute atomic E-state index is 0.266. The third-order valence-electron chi connectivity index (χ3n) is 3.47. The van der Waals surface area contributed by atoms with Gasteiger partial charge in [-0.1, -0.05) is 25.5 Å². The summed E-state index contributed by atoms with van der Waals surface area (Å²) >= 11 is 0. The predicted octanol–water partition coefficient (Wildman–Crippen LogP) is 1.96. The number of hydrogen-bond donors (Lipinski definition) is 0. The number of nitrogens with zero attached hydrogens (tertiary/aromatic N) is 1. The molecule has 0 aromatic rings. The van der Waals surface area contributed by atoms with Gasteiger partial charge in [0.1, 0.15) is 0 Å². The van der Waals surface area contributed by atoms with Crippen LogP contribution in [0, 0.1) is 5.92 Å². The first-order chi connectivity index (χ1) is 8.60. The molecule has 0 spiro atoms. The van der Waals surface area contributed by atoms with Gasteiger partial charge in [-0.15, -0.1) is 0 Å². The van der Waals surface area contributed by atoms with E-state index in [1.807, 2.05) is 19.9 Å². The van der Waals surface area contributed by atoms with Crippen molar-refractivity contribution in [2.75, 3.05) is 0 Å². The van der Waals surface area contributed by atoms with E-state index in [9.17, 15) is 14.4 Å². The van der Waals surface area contributed by atoms with E-state index in [2.05, 4.69) is 0 Å². The van der Waals surface area contributed by atoms with Gasteiger partial charge in [0.25, 0.3) is 0 Å². The summed E-state index contributed by atoms with van der Waals surface area (Å²) in [4.78, 5) is 36.8. The summed E-state index contributed by atoms with van der Waals surface area (Å²) in [6, 6.07) is 0. The van der Waals surface area contributed by atoms with Crippen molar-refractivity contribution < 1.29 is 14.4 Å². The van der Waals surface area contributed by atoms with E-state index >= 15 is 0 Å². The van der Waals surface area contributed by atoms with Crippen molar-refractivity contribution in [3.05, 3.63) is 23.4 Å². The summed E-state index contributed by atoms with van der Waals surface area (Å²) in [5.41, 5.74) is 1.72. The molecule has 1 fully saturated rings. The summed E-state index contributed by atoms with van der Waals surface area (Å²) in [7, 11) is 0. The number of amides is 2. The predicted molar refractivity (Wildman–Crippen MR) is 66.3 cm³/mol. The number of hydrogen-bond acceptors (Lipinski definition) is 3. The molecule has 2 amide bonds. The van der Waals surface area contributed by atoms with Crippen LogP contribution in [0.3, 0.4) is 0 Å². The van der Waals surface area contributed by atoms with E-state index in [4.69, 9.17) is 0 Å². The molecule has 0 saturated carbocycles. The fourth-order valence-corrected chi connectivity index (χ4v) is 2.43. The maximum Gasteiger partial charge on any atom is 0.301 e.